The molecule has 0 atom stereocenters. The van der Waals surface area contributed by atoms with Crippen molar-refractivity contribution in [1.82, 2.24) is 0 Å². The zero-order valence-electron chi connectivity index (χ0n) is 17.8. The summed E-state index contributed by atoms with van der Waals surface area (Å²) in [6, 6.07) is 6.92. The molecule has 4 rings (SSSR count). The number of halogens is 3. The van der Waals surface area contributed by atoms with Gasteiger partial charge in [-0.1, -0.05) is 63.2 Å². The Morgan fingerprint density at radius 2 is 1.53 bits per heavy atom. The Bertz CT molecular complexity index is 920. The number of fused-ring (bicyclic) bond motifs is 1. The molecule has 3 heteroatoms. The lowest BCUT2D eigenvalue weighted by Gasteiger charge is -2.29. The quantitative estimate of drug-likeness (QED) is 0.446. The highest BCUT2D eigenvalue weighted by Crippen LogP contribution is 2.37. The van der Waals surface area contributed by atoms with E-state index in [9.17, 15) is 13.2 Å². The van der Waals surface area contributed by atoms with Gasteiger partial charge >= 0.3 is 0 Å². The maximum Gasteiger partial charge on any atom is 0.159 e. The van der Waals surface area contributed by atoms with Crippen LogP contribution in [-0.2, 0) is 6.42 Å². The summed E-state index contributed by atoms with van der Waals surface area (Å²) >= 11 is 0. The Hall–Kier alpha value is -2.03. The fraction of sp³-hybridized carbons (Fsp3) is 0.481. The van der Waals surface area contributed by atoms with Crippen LogP contribution in [0.5, 0.6) is 0 Å². The smallest absolute Gasteiger partial charge is 0.159 e. The molecule has 0 spiro atoms. The SMILES string of the molecule is CCCC1CCC(CCC2=Cc3cc(F)c(-c4ccc(F)c(F)c4)cc3CC2)CC1. The Labute approximate surface area is 178 Å². The van der Waals surface area contributed by atoms with Gasteiger partial charge in [0.05, 0.1) is 0 Å². The molecule has 0 nitrogen and oxygen atoms in total. The Kier molecular flexibility index (Phi) is 6.65. The molecule has 1 fully saturated rings. The van der Waals surface area contributed by atoms with Crippen molar-refractivity contribution in [2.24, 2.45) is 11.8 Å². The van der Waals surface area contributed by atoms with Crippen LogP contribution in [0.1, 0.15) is 75.8 Å². The van der Waals surface area contributed by atoms with E-state index in [1.165, 1.54) is 56.6 Å². The molecule has 2 aliphatic rings. The Morgan fingerprint density at radius 3 is 2.23 bits per heavy atom. The number of hydrogen-bond acceptors (Lipinski definition) is 0. The van der Waals surface area contributed by atoms with Crippen molar-refractivity contribution in [3.63, 3.8) is 0 Å². The van der Waals surface area contributed by atoms with Crippen LogP contribution in [-0.4, -0.2) is 0 Å². The van der Waals surface area contributed by atoms with Gasteiger partial charge in [-0.05, 0) is 78.5 Å². The van der Waals surface area contributed by atoms with E-state index in [0.717, 1.165) is 54.4 Å². The van der Waals surface area contributed by atoms with Gasteiger partial charge in [-0.15, -0.1) is 0 Å². The van der Waals surface area contributed by atoms with Crippen molar-refractivity contribution in [2.75, 3.05) is 0 Å². The Balaban J connectivity index is 1.42. The lowest BCUT2D eigenvalue weighted by molar-refractivity contribution is 0.252. The molecule has 2 aliphatic carbocycles. The maximum atomic E-state index is 14.8. The van der Waals surface area contributed by atoms with Gasteiger partial charge in [-0.25, -0.2) is 13.2 Å². The summed E-state index contributed by atoms with van der Waals surface area (Å²) in [5.41, 5.74) is 4.15. The van der Waals surface area contributed by atoms with Gasteiger partial charge in [-0.3, -0.25) is 0 Å². The van der Waals surface area contributed by atoms with Crippen LogP contribution in [0.25, 0.3) is 17.2 Å². The van der Waals surface area contributed by atoms with Crippen molar-refractivity contribution in [3.8, 4) is 11.1 Å². The van der Waals surface area contributed by atoms with Crippen molar-refractivity contribution in [1.29, 1.82) is 0 Å². The van der Waals surface area contributed by atoms with Gasteiger partial charge in [-0.2, -0.15) is 0 Å². The summed E-state index contributed by atoms with van der Waals surface area (Å²) in [6.07, 6.45) is 14.6. The molecule has 0 aromatic heterocycles. The van der Waals surface area contributed by atoms with Gasteiger partial charge < -0.3 is 0 Å². The highest BCUT2D eigenvalue weighted by atomic mass is 19.2. The fourth-order valence-corrected chi connectivity index (χ4v) is 5.26. The third-order valence-electron chi connectivity index (χ3n) is 7.07. The molecule has 30 heavy (non-hydrogen) atoms. The topological polar surface area (TPSA) is 0 Å². The van der Waals surface area contributed by atoms with E-state index in [1.54, 1.807) is 12.1 Å². The number of aryl methyl sites for hydroxylation is 1. The van der Waals surface area contributed by atoms with E-state index >= 15 is 0 Å². The molecule has 0 heterocycles. The third kappa shape index (κ3) is 4.82. The van der Waals surface area contributed by atoms with E-state index in [4.69, 9.17) is 0 Å². The maximum absolute atomic E-state index is 14.8. The molecular weight excluding hydrogens is 381 g/mol. The second-order valence-corrected chi connectivity index (χ2v) is 9.18. The molecule has 0 amide bonds. The third-order valence-corrected chi connectivity index (χ3v) is 7.07. The molecule has 2 aromatic rings. The summed E-state index contributed by atoms with van der Waals surface area (Å²) in [4.78, 5) is 0. The minimum atomic E-state index is -0.949. The molecule has 0 unspecified atom stereocenters. The first-order chi connectivity index (χ1) is 14.5. The van der Waals surface area contributed by atoms with Crippen LogP contribution in [0.4, 0.5) is 13.2 Å². The average Bonchev–Trinajstić information content (AvgIpc) is 2.75. The van der Waals surface area contributed by atoms with Gasteiger partial charge in [0, 0.05) is 5.56 Å². The van der Waals surface area contributed by atoms with Crippen molar-refractivity contribution in [3.05, 3.63) is 64.5 Å². The Morgan fingerprint density at radius 1 is 0.800 bits per heavy atom. The van der Waals surface area contributed by atoms with Crippen molar-refractivity contribution in [2.45, 2.75) is 71.1 Å². The van der Waals surface area contributed by atoms with Crippen LogP contribution >= 0.6 is 0 Å². The first-order valence-electron chi connectivity index (χ1n) is 11.5. The standard InChI is InChI=1S/C27H31F3/c1-2-3-18-4-6-19(7-5-18)8-9-20-10-11-21-15-24(26(29)17-23(21)14-20)22-12-13-25(28)27(30)16-22/h12-19H,2-11H2,1H3. The highest BCUT2D eigenvalue weighted by molar-refractivity contribution is 5.70. The first kappa shape index (κ1) is 21.2. The normalized spacial score (nSPS) is 21.3. The number of benzene rings is 2. The molecule has 160 valence electrons. The summed E-state index contributed by atoms with van der Waals surface area (Å²) in [5, 5.41) is 0. The average molecular weight is 413 g/mol. The summed E-state index contributed by atoms with van der Waals surface area (Å²) in [5.74, 6) is -0.461. The van der Waals surface area contributed by atoms with Gasteiger partial charge in [0.15, 0.2) is 11.6 Å². The zero-order chi connectivity index (χ0) is 21.1. The molecule has 0 aliphatic heterocycles. The molecule has 0 N–H and O–H groups in total. The van der Waals surface area contributed by atoms with Gasteiger partial charge in [0.25, 0.3) is 0 Å². The number of rotatable bonds is 6. The van der Waals surface area contributed by atoms with Crippen LogP contribution in [0.2, 0.25) is 0 Å². The lowest BCUT2D eigenvalue weighted by atomic mass is 9.77. The second-order valence-electron chi connectivity index (χ2n) is 9.18. The van der Waals surface area contributed by atoms with Gasteiger partial charge in [0.1, 0.15) is 5.82 Å². The van der Waals surface area contributed by atoms with Crippen LogP contribution in [0, 0.1) is 29.3 Å². The minimum Gasteiger partial charge on any atom is -0.206 e. The monoisotopic (exact) mass is 412 g/mol. The van der Waals surface area contributed by atoms with Crippen LogP contribution in [0.15, 0.2) is 35.9 Å². The van der Waals surface area contributed by atoms with Crippen molar-refractivity contribution >= 4 is 6.08 Å². The predicted octanol–water partition coefficient (Wildman–Crippen LogP) is 8.49. The zero-order valence-corrected chi connectivity index (χ0v) is 17.8. The molecular formula is C27H31F3. The summed E-state index contributed by atoms with van der Waals surface area (Å²) < 4.78 is 41.5. The largest absolute Gasteiger partial charge is 0.206 e. The predicted molar refractivity (Wildman–Crippen MR) is 118 cm³/mol. The molecule has 2 aromatic carbocycles. The van der Waals surface area contributed by atoms with E-state index < -0.39 is 11.6 Å². The minimum absolute atomic E-state index is 0.341. The van der Waals surface area contributed by atoms with E-state index in [1.807, 2.05) is 0 Å². The van der Waals surface area contributed by atoms with E-state index in [0.29, 0.717) is 11.1 Å². The van der Waals surface area contributed by atoms with E-state index in [-0.39, 0.29) is 5.82 Å². The molecule has 0 bridgehead atoms. The fourth-order valence-electron chi connectivity index (χ4n) is 5.26. The lowest BCUT2D eigenvalue weighted by Crippen LogP contribution is -2.14. The highest BCUT2D eigenvalue weighted by Gasteiger charge is 2.21. The van der Waals surface area contributed by atoms with Crippen LogP contribution < -0.4 is 0 Å². The van der Waals surface area contributed by atoms with Crippen LogP contribution in [0.3, 0.4) is 0 Å². The van der Waals surface area contributed by atoms with E-state index in [2.05, 4.69) is 13.0 Å². The second kappa shape index (κ2) is 9.41. The summed E-state index contributed by atoms with van der Waals surface area (Å²) in [7, 11) is 0. The first-order valence-corrected chi connectivity index (χ1v) is 11.5. The number of hydrogen-bond donors (Lipinski definition) is 0. The van der Waals surface area contributed by atoms with Gasteiger partial charge in [0.2, 0.25) is 0 Å². The summed E-state index contributed by atoms with van der Waals surface area (Å²) in [6.45, 7) is 2.28. The molecule has 0 saturated heterocycles. The number of allylic oxidation sites excluding steroid dienone is 1. The van der Waals surface area contributed by atoms with Crippen molar-refractivity contribution < 1.29 is 13.2 Å². The molecule has 0 radical (unpaired) electrons. The molecule has 1 saturated carbocycles.